The van der Waals surface area contributed by atoms with Crippen molar-refractivity contribution in [3.05, 3.63) is 107 Å². The zero-order chi connectivity index (χ0) is 23.2. The first-order chi connectivity index (χ1) is 16.0. The third-order valence-corrected chi connectivity index (χ3v) is 5.71. The van der Waals surface area contributed by atoms with Crippen LogP contribution >= 0.6 is 0 Å². The molecule has 0 aliphatic rings. The van der Waals surface area contributed by atoms with Crippen LogP contribution in [0.5, 0.6) is 0 Å². The van der Waals surface area contributed by atoms with Gasteiger partial charge in [0.25, 0.3) is 0 Å². The average Bonchev–Trinajstić information content (AvgIpc) is 3.25. The molecule has 0 spiro atoms. The molecule has 4 rings (SSSR count). The van der Waals surface area contributed by atoms with E-state index in [9.17, 15) is 14.0 Å². The van der Waals surface area contributed by atoms with Crippen molar-refractivity contribution in [2.75, 3.05) is 6.54 Å². The molecule has 0 amide bonds. The molecule has 4 aromatic rings. The first-order valence-electron chi connectivity index (χ1n) is 10.9. The molecule has 1 heterocycles. The summed E-state index contributed by atoms with van der Waals surface area (Å²) in [7, 11) is 0. The van der Waals surface area contributed by atoms with Crippen molar-refractivity contribution >= 4 is 22.7 Å². The molecule has 3 aromatic carbocycles. The Kier molecular flexibility index (Phi) is 6.95. The fourth-order valence-electron chi connectivity index (χ4n) is 3.96. The van der Waals surface area contributed by atoms with Crippen molar-refractivity contribution in [2.24, 2.45) is 0 Å². The van der Waals surface area contributed by atoms with Gasteiger partial charge < -0.3 is 15.4 Å². The Morgan fingerprint density at radius 1 is 0.939 bits per heavy atom. The van der Waals surface area contributed by atoms with Gasteiger partial charge in [0, 0.05) is 35.6 Å². The van der Waals surface area contributed by atoms with E-state index in [-0.39, 0.29) is 18.0 Å². The van der Waals surface area contributed by atoms with Crippen molar-refractivity contribution < 1.29 is 19.1 Å². The molecule has 33 heavy (non-hydrogen) atoms. The molecule has 1 atom stereocenters. The van der Waals surface area contributed by atoms with Gasteiger partial charge in [-0.2, -0.15) is 0 Å². The third-order valence-electron chi connectivity index (χ3n) is 5.71. The highest BCUT2D eigenvalue weighted by Crippen LogP contribution is 2.26. The summed E-state index contributed by atoms with van der Waals surface area (Å²) in [5.41, 5.74) is 4.15. The number of aryl methyl sites for hydroxylation is 1. The van der Waals surface area contributed by atoms with Gasteiger partial charge in [0.2, 0.25) is 0 Å². The number of ketones is 1. The van der Waals surface area contributed by atoms with E-state index in [0.717, 1.165) is 27.6 Å². The lowest BCUT2D eigenvalue weighted by atomic mass is 9.96. The standard InChI is InChI=1S/C27H25FN2O3/c28-21-10-6-18(7-11-21)14-15-29-26(20-4-2-1-3-5-20)27(33)23-17-30-24-16-19(8-12-22(23)24)9-13-25(31)32/h1-8,10-12,16-17,26,29-30H,9,13-15H2,(H,31,32)/t26-/m1/s1. The molecule has 0 bridgehead atoms. The first kappa shape index (κ1) is 22.4. The predicted molar refractivity (Wildman–Crippen MR) is 126 cm³/mol. The fourth-order valence-corrected chi connectivity index (χ4v) is 3.96. The zero-order valence-electron chi connectivity index (χ0n) is 18.1. The van der Waals surface area contributed by atoms with Gasteiger partial charge in [0.1, 0.15) is 5.82 Å². The van der Waals surface area contributed by atoms with Crippen molar-refractivity contribution in [3.8, 4) is 0 Å². The number of hydrogen-bond acceptors (Lipinski definition) is 3. The van der Waals surface area contributed by atoms with Gasteiger partial charge in [0.15, 0.2) is 5.78 Å². The number of aromatic nitrogens is 1. The minimum Gasteiger partial charge on any atom is -0.481 e. The molecule has 5 nitrogen and oxygen atoms in total. The van der Waals surface area contributed by atoms with E-state index in [4.69, 9.17) is 5.11 Å². The molecular weight excluding hydrogens is 419 g/mol. The van der Waals surface area contributed by atoms with E-state index >= 15 is 0 Å². The number of Topliss-reactive ketones (excluding diaryl/α,β-unsaturated/α-hetero) is 1. The fraction of sp³-hybridized carbons (Fsp3) is 0.185. The number of carbonyl (C=O) groups excluding carboxylic acids is 1. The number of H-pyrrole nitrogens is 1. The molecule has 1 aromatic heterocycles. The highest BCUT2D eigenvalue weighted by Gasteiger charge is 2.24. The Morgan fingerprint density at radius 3 is 2.39 bits per heavy atom. The van der Waals surface area contributed by atoms with Gasteiger partial charge in [-0.15, -0.1) is 0 Å². The minimum atomic E-state index is -0.838. The minimum absolute atomic E-state index is 0.0511. The molecule has 168 valence electrons. The lowest BCUT2D eigenvalue weighted by Gasteiger charge is -2.18. The smallest absolute Gasteiger partial charge is 0.303 e. The number of carboxylic acids is 1. The number of aromatic amines is 1. The van der Waals surface area contributed by atoms with E-state index in [1.165, 1.54) is 12.1 Å². The normalized spacial score (nSPS) is 12.0. The average molecular weight is 445 g/mol. The monoisotopic (exact) mass is 444 g/mol. The second kappa shape index (κ2) is 10.2. The summed E-state index contributed by atoms with van der Waals surface area (Å²) in [5.74, 6) is -1.16. The van der Waals surface area contributed by atoms with E-state index in [2.05, 4.69) is 10.3 Å². The summed E-state index contributed by atoms with van der Waals surface area (Å²) in [4.78, 5) is 27.6. The highest BCUT2D eigenvalue weighted by molar-refractivity contribution is 6.10. The Labute approximate surface area is 191 Å². The summed E-state index contributed by atoms with van der Waals surface area (Å²) in [6.45, 7) is 0.554. The van der Waals surface area contributed by atoms with Gasteiger partial charge in [0.05, 0.1) is 6.04 Å². The second-order valence-corrected chi connectivity index (χ2v) is 8.01. The number of nitrogens with one attached hydrogen (secondary N) is 2. The van der Waals surface area contributed by atoms with Crippen LogP contribution in [0, 0.1) is 5.82 Å². The van der Waals surface area contributed by atoms with E-state index < -0.39 is 12.0 Å². The largest absolute Gasteiger partial charge is 0.481 e. The number of hydrogen-bond donors (Lipinski definition) is 3. The third kappa shape index (κ3) is 5.54. The quantitative estimate of drug-likeness (QED) is 0.298. The van der Waals surface area contributed by atoms with Crippen LogP contribution in [-0.4, -0.2) is 28.4 Å². The Morgan fingerprint density at radius 2 is 1.67 bits per heavy atom. The van der Waals surface area contributed by atoms with Gasteiger partial charge in [-0.05, 0) is 47.7 Å². The maximum atomic E-state index is 13.6. The predicted octanol–water partition coefficient (Wildman–Crippen LogP) is 5.08. The molecule has 0 radical (unpaired) electrons. The van der Waals surface area contributed by atoms with E-state index in [1.54, 1.807) is 18.3 Å². The molecule has 0 fully saturated rings. The van der Waals surface area contributed by atoms with Crippen LogP contribution in [0.2, 0.25) is 0 Å². The van der Waals surface area contributed by atoms with Gasteiger partial charge in [-0.3, -0.25) is 9.59 Å². The maximum absolute atomic E-state index is 13.6. The maximum Gasteiger partial charge on any atom is 0.303 e. The molecule has 0 unspecified atom stereocenters. The second-order valence-electron chi connectivity index (χ2n) is 8.01. The molecule has 6 heteroatoms. The van der Waals surface area contributed by atoms with Crippen molar-refractivity contribution in [2.45, 2.75) is 25.3 Å². The summed E-state index contributed by atoms with van der Waals surface area (Å²) in [5, 5.41) is 13.1. The molecule has 0 saturated carbocycles. The van der Waals surface area contributed by atoms with Crippen LogP contribution in [0.25, 0.3) is 10.9 Å². The number of rotatable bonds is 10. The number of carbonyl (C=O) groups is 2. The lowest BCUT2D eigenvalue weighted by Crippen LogP contribution is -2.30. The SMILES string of the molecule is O=C(O)CCc1ccc2c(C(=O)[C@H](NCCc3ccc(F)cc3)c3ccccc3)c[nH]c2c1. The Hall–Kier alpha value is -3.77. The zero-order valence-corrected chi connectivity index (χ0v) is 18.1. The lowest BCUT2D eigenvalue weighted by molar-refractivity contribution is -0.136. The number of halogens is 1. The van der Waals surface area contributed by atoms with Crippen LogP contribution < -0.4 is 5.32 Å². The molecule has 3 N–H and O–H groups in total. The van der Waals surface area contributed by atoms with Crippen molar-refractivity contribution in [3.63, 3.8) is 0 Å². The van der Waals surface area contributed by atoms with Crippen LogP contribution in [0.3, 0.4) is 0 Å². The summed E-state index contributed by atoms with van der Waals surface area (Å²) >= 11 is 0. The van der Waals surface area contributed by atoms with E-state index in [0.29, 0.717) is 24.9 Å². The van der Waals surface area contributed by atoms with E-state index in [1.807, 2.05) is 48.5 Å². The van der Waals surface area contributed by atoms with Gasteiger partial charge >= 0.3 is 5.97 Å². The van der Waals surface area contributed by atoms with Crippen molar-refractivity contribution in [1.29, 1.82) is 0 Å². The number of benzene rings is 3. The van der Waals surface area contributed by atoms with Crippen LogP contribution in [-0.2, 0) is 17.6 Å². The number of carboxylic acid groups (broad SMARTS) is 1. The molecular formula is C27H25FN2O3. The summed E-state index contributed by atoms with van der Waals surface area (Å²) < 4.78 is 13.2. The van der Waals surface area contributed by atoms with Gasteiger partial charge in [-0.1, -0.05) is 54.6 Å². The molecule has 0 aliphatic carbocycles. The number of aliphatic carboxylic acids is 1. The summed E-state index contributed by atoms with van der Waals surface area (Å²) in [6.07, 6.45) is 2.88. The topological polar surface area (TPSA) is 82.2 Å². The van der Waals surface area contributed by atoms with Crippen molar-refractivity contribution in [1.82, 2.24) is 10.3 Å². The van der Waals surface area contributed by atoms with Crippen LogP contribution in [0.15, 0.2) is 79.0 Å². The van der Waals surface area contributed by atoms with Gasteiger partial charge in [-0.25, -0.2) is 4.39 Å². The molecule has 0 saturated heterocycles. The Balaban J connectivity index is 1.55. The first-order valence-corrected chi connectivity index (χ1v) is 10.9. The van der Waals surface area contributed by atoms with Crippen LogP contribution in [0.1, 0.15) is 39.5 Å². The Bertz CT molecular complexity index is 1250. The molecule has 0 aliphatic heterocycles. The van der Waals surface area contributed by atoms with Crippen LogP contribution in [0.4, 0.5) is 4.39 Å². The highest BCUT2D eigenvalue weighted by atomic mass is 19.1. The summed E-state index contributed by atoms with van der Waals surface area (Å²) in [6, 6.07) is 21.0. The number of fused-ring (bicyclic) bond motifs is 1.